The molecule has 0 bridgehead atoms. The molecule has 1 saturated heterocycles. The second-order valence-corrected chi connectivity index (χ2v) is 7.99. The summed E-state index contributed by atoms with van der Waals surface area (Å²) >= 11 is 7.02. The van der Waals surface area contributed by atoms with E-state index in [-0.39, 0.29) is 23.8 Å². The van der Waals surface area contributed by atoms with Crippen molar-refractivity contribution < 1.29 is 23.5 Å². The summed E-state index contributed by atoms with van der Waals surface area (Å²) in [6, 6.07) is 11.9. The zero-order valence-corrected chi connectivity index (χ0v) is 16.8. The second-order valence-electron chi connectivity index (χ2n) is 6.59. The van der Waals surface area contributed by atoms with Gasteiger partial charge in [0.05, 0.1) is 17.0 Å². The number of thioether (sulfide) groups is 1. The van der Waals surface area contributed by atoms with Crippen LogP contribution in [0.15, 0.2) is 56.6 Å². The number of fused-ring (bicyclic) bond motifs is 2. The molecular formula is C21H12ClNO6S. The molecule has 0 atom stereocenters. The third-order valence-corrected chi connectivity index (χ3v) is 5.96. The van der Waals surface area contributed by atoms with E-state index in [1.807, 2.05) is 6.07 Å². The average Bonchev–Trinajstić information content (AvgIpc) is 3.28. The molecule has 2 amide bonds. The molecule has 2 aliphatic rings. The maximum Gasteiger partial charge on any atom is 0.343 e. The van der Waals surface area contributed by atoms with Crippen LogP contribution in [0, 0.1) is 0 Å². The van der Waals surface area contributed by atoms with Crippen molar-refractivity contribution in [3.63, 3.8) is 0 Å². The Labute approximate surface area is 178 Å². The van der Waals surface area contributed by atoms with Gasteiger partial charge in [0.1, 0.15) is 5.58 Å². The topological polar surface area (TPSA) is 86.0 Å². The number of imide groups is 1. The molecular weight excluding hydrogens is 430 g/mol. The Balaban J connectivity index is 1.45. The molecule has 0 aliphatic carbocycles. The van der Waals surface area contributed by atoms with Crippen molar-refractivity contribution >= 4 is 51.6 Å². The Morgan fingerprint density at radius 3 is 2.67 bits per heavy atom. The van der Waals surface area contributed by atoms with Crippen LogP contribution in [-0.4, -0.2) is 22.8 Å². The zero-order valence-electron chi connectivity index (χ0n) is 15.2. The number of amides is 2. The molecule has 0 saturated carbocycles. The highest BCUT2D eigenvalue weighted by Gasteiger charge is 2.36. The molecule has 1 fully saturated rings. The first-order chi connectivity index (χ1) is 14.5. The fraction of sp³-hybridized carbons (Fsp3) is 0.0952. The summed E-state index contributed by atoms with van der Waals surface area (Å²) in [6.07, 6.45) is 1.38. The lowest BCUT2D eigenvalue weighted by Crippen LogP contribution is -2.27. The molecule has 0 spiro atoms. The van der Waals surface area contributed by atoms with Crippen molar-refractivity contribution in [2.75, 3.05) is 6.79 Å². The Morgan fingerprint density at radius 1 is 1.07 bits per heavy atom. The summed E-state index contributed by atoms with van der Waals surface area (Å²) in [6.45, 7) is 0.0670. The van der Waals surface area contributed by atoms with Crippen LogP contribution in [0.5, 0.6) is 11.5 Å². The maximum atomic E-state index is 12.8. The Bertz CT molecular complexity index is 1310. The molecule has 0 unspecified atom stereocenters. The van der Waals surface area contributed by atoms with Crippen LogP contribution in [0.25, 0.3) is 17.0 Å². The minimum atomic E-state index is -0.584. The third-order valence-electron chi connectivity index (χ3n) is 4.70. The van der Waals surface area contributed by atoms with E-state index in [1.54, 1.807) is 36.4 Å². The first kappa shape index (κ1) is 18.8. The van der Waals surface area contributed by atoms with Gasteiger partial charge in [-0.05, 0) is 41.6 Å². The Morgan fingerprint density at radius 2 is 1.83 bits per heavy atom. The standard InChI is InChI=1S/C21H12ClNO6S/c22-14-8-17-16(27-10-28-17)6-13(14)9-23-19(24)18(30-21(23)26)7-12-5-11-3-1-2-4-15(11)29-20(12)25/h1-8H,9-10H2/b18-7+. The number of hydrogen-bond donors (Lipinski definition) is 0. The van der Waals surface area contributed by atoms with Gasteiger partial charge in [-0.1, -0.05) is 29.8 Å². The number of nitrogens with zero attached hydrogens (tertiary/aromatic N) is 1. The molecule has 2 aliphatic heterocycles. The molecule has 30 heavy (non-hydrogen) atoms. The largest absolute Gasteiger partial charge is 0.454 e. The quantitative estimate of drug-likeness (QED) is 0.439. The van der Waals surface area contributed by atoms with Crippen LogP contribution < -0.4 is 15.1 Å². The third kappa shape index (κ3) is 3.24. The summed E-state index contributed by atoms with van der Waals surface area (Å²) in [5.74, 6) is 0.512. The van der Waals surface area contributed by atoms with Crippen LogP contribution in [0.4, 0.5) is 4.79 Å². The van der Waals surface area contributed by atoms with Gasteiger partial charge < -0.3 is 13.9 Å². The minimum Gasteiger partial charge on any atom is -0.454 e. The number of rotatable bonds is 3. The van der Waals surface area contributed by atoms with Crippen molar-refractivity contribution in [3.05, 3.63) is 73.9 Å². The van der Waals surface area contributed by atoms with Crippen LogP contribution in [0.2, 0.25) is 5.02 Å². The van der Waals surface area contributed by atoms with Crippen molar-refractivity contribution in [2.45, 2.75) is 6.54 Å². The molecule has 1 aromatic heterocycles. The highest BCUT2D eigenvalue weighted by molar-refractivity contribution is 8.18. The first-order valence-corrected chi connectivity index (χ1v) is 10.1. The number of benzene rings is 2. The van der Waals surface area contributed by atoms with E-state index in [0.29, 0.717) is 27.7 Å². The molecule has 150 valence electrons. The molecule has 9 heteroatoms. The number of para-hydroxylation sites is 1. The number of ether oxygens (including phenoxy) is 2. The summed E-state index contributed by atoms with van der Waals surface area (Å²) in [5.41, 5.74) is 0.611. The van der Waals surface area contributed by atoms with Crippen molar-refractivity contribution in [1.29, 1.82) is 0 Å². The maximum absolute atomic E-state index is 12.8. The van der Waals surface area contributed by atoms with E-state index in [4.69, 9.17) is 25.5 Å². The van der Waals surface area contributed by atoms with Crippen molar-refractivity contribution in [3.8, 4) is 11.5 Å². The molecule has 0 N–H and O–H groups in total. The Hall–Kier alpha value is -3.23. The summed E-state index contributed by atoms with van der Waals surface area (Å²) in [7, 11) is 0. The lowest BCUT2D eigenvalue weighted by Gasteiger charge is -2.14. The van der Waals surface area contributed by atoms with Gasteiger partial charge in [0.25, 0.3) is 11.1 Å². The second kappa shape index (κ2) is 7.23. The van der Waals surface area contributed by atoms with E-state index in [1.165, 1.54) is 6.08 Å². The smallest absolute Gasteiger partial charge is 0.343 e. The highest BCUT2D eigenvalue weighted by Crippen LogP contribution is 2.39. The predicted molar refractivity (Wildman–Crippen MR) is 112 cm³/mol. The normalized spacial score (nSPS) is 16.8. The van der Waals surface area contributed by atoms with Crippen LogP contribution >= 0.6 is 23.4 Å². The van der Waals surface area contributed by atoms with Gasteiger partial charge >= 0.3 is 5.63 Å². The van der Waals surface area contributed by atoms with E-state index in [2.05, 4.69) is 0 Å². The van der Waals surface area contributed by atoms with Gasteiger partial charge in [0.15, 0.2) is 11.5 Å². The first-order valence-electron chi connectivity index (χ1n) is 8.86. The molecule has 7 nitrogen and oxygen atoms in total. The van der Waals surface area contributed by atoms with Crippen LogP contribution in [0.3, 0.4) is 0 Å². The summed E-state index contributed by atoms with van der Waals surface area (Å²) in [4.78, 5) is 38.8. The lowest BCUT2D eigenvalue weighted by atomic mass is 10.1. The molecule has 2 aromatic carbocycles. The summed E-state index contributed by atoms with van der Waals surface area (Å²) in [5, 5.41) is 0.623. The Kier molecular flexibility index (Phi) is 4.52. The fourth-order valence-corrected chi connectivity index (χ4v) is 4.25. The van der Waals surface area contributed by atoms with Gasteiger partial charge in [-0.3, -0.25) is 14.5 Å². The highest BCUT2D eigenvalue weighted by atomic mass is 35.5. The number of carbonyl (C=O) groups is 2. The van der Waals surface area contributed by atoms with Crippen molar-refractivity contribution in [1.82, 2.24) is 4.90 Å². The zero-order chi connectivity index (χ0) is 20.8. The fourth-order valence-electron chi connectivity index (χ4n) is 3.21. The van der Waals surface area contributed by atoms with E-state index in [0.717, 1.165) is 22.0 Å². The van der Waals surface area contributed by atoms with Crippen LogP contribution in [0.1, 0.15) is 11.1 Å². The van der Waals surface area contributed by atoms with Crippen molar-refractivity contribution in [2.24, 2.45) is 0 Å². The molecule has 3 heterocycles. The van der Waals surface area contributed by atoms with E-state index in [9.17, 15) is 14.4 Å². The van der Waals surface area contributed by atoms with Crippen LogP contribution in [-0.2, 0) is 11.3 Å². The van der Waals surface area contributed by atoms with Gasteiger partial charge in [-0.25, -0.2) is 4.79 Å². The van der Waals surface area contributed by atoms with Gasteiger partial charge in [0.2, 0.25) is 6.79 Å². The minimum absolute atomic E-state index is 0.0240. The molecule has 0 radical (unpaired) electrons. The predicted octanol–water partition coefficient (Wildman–Crippen LogP) is 4.41. The average molecular weight is 442 g/mol. The van der Waals surface area contributed by atoms with Gasteiger partial charge in [-0.2, -0.15) is 0 Å². The number of hydrogen-bond acceptors (Lipinski definition) is 7. The monoisotopic (exact) mass is 441 g/mol. The number of halogens is 1. The molecule has 5 rings (SSSR count). The van der Waals surface area contributed by atoms with Gasteiger partial charge in [0, 0.05) is 16.5 Å². The summed E-state index contributed by atoms with van der Waals surface area (Å²) < 4.78 is 15.9. The SMILES string of the molecule is O=C1S/C(=C/c2cc3ccccc3oc2=O)C(=O)N1Cc1cc2c(cc1Cl)OCO2. The van der Waals surface area contributed by atoms with Gasteiger partial charge in [-0.15, -0.1) is 0 Å². The van der Waals surface area contributed by atoms with E-state index >= 15 is 0 Å². The lowest BCUT2D eigenvalue weighted by molar-refractivity contribution is -0.123. The molecule has 3 aromatic rings. The number of carbonyl (C=O) groups excluding carboxylic acids is 2. The van der Waals surface area contributed by atoms with E-state index < -0.39 is 16.8 Å².